The standard InChI is InChI=1S/C29H32N2O6/c1-29(2,3)23-8-5-20(6-9-23)21-7-11-25-22(17-21)13-14-30(28(25)32)24-10-12-27(26(18-24)31(33)34)37-19-36-16-15-35-4/h5-12,17-18H,13-16,19H2,1-4H3. The van der Waals surface area contributed by atoms with Gasteiger partial charge >= 0.3 is 5.69 Å². The molecule has 0 aromatic heterocycles. The normalized spacial score (nSPS) is 13.4. The second kappa shape index (κ2) is 11.1. The lowest BCUT2D eigenvalue weighted by atomic mass is 9.86. The van der Waals surface area contributed by atoms with Crippen LogP contribution in [0.25, 0.3) is 11.1 Å². The van der Waals surface area contributed by atoms with E-state index < -0.39 is 4.92 Å². The number of rotatable bonds is 9. The second-order valence-electron chi connectivity index (χ2n) is 9.98. The van der Waals surface area contributed by atoms with Crippen LogP contribution in [0.4, 0.5) is 11.4 Å². The second-order valence-corrected chi connectivity index (χ2v) is 9.98. The SMILES string of the molecule is COCCOCOc1ccc(N2CCc3cc(-c4ccc(C(C)(C)C)cc4)ccc3C2=O)cc1[N+](=O)[O-]. The summed E-state index contributed by atoms with van der Waals surface area (Å²) in [6, 6.07) is 18.9. The lowest BCUT2D eigenvalue weighted by molar-refractivity contribution is -0.386. The predicted octanol–water partition coefficient (Wildman–Crippen LogP) is 5.76. The molecule has 0 radical (unpaired) electrons. The van der Waals surface area contributed by atoms with Gasteiger partial charge in [-0.15, -0.1) is 0 Å². The molecule has 0 saturated carbocycles. The molecule has 8 nitrogen and oxygen atoms in total. The number of fused-ring (bicyclic) bond motifs is 1. The molecule has 0 saturated heterocycles. The molecule has 1 aliphatic rings. The van der Waals surface area contributed by atoms with Gasteiger partial charge < -0.3 is 19.1 Å². The van der Waals surface area contributed by atoms with Crippen LogP contribution < -0.4 is 9.64 Å². The first-order valence-electron chi connectivity index (χ1n) is 12.2. The third-order valence-electron chi connectivity index (χ3n) is 6.45. The summed E-state index contributed by atoms with van der Waals surface area (Å²) in [5.74, 6) is -0.0973. The van der Waals surface area contributed by atoms with Gasteiger partial charge in [0.05, 0.1) is 23.8 Å². The first-order valence-corrected chi connectivity index (χ1v) is 12.2. The fraction of sp³-hybridized carbons (Fsp3) is 0.345. The summed E-state index contributed by atoms with van der Waals surface area (Å²) in [4.78, 5) is 26.1. The fourth-order valence-corrected chi connectivity index (χ4v) is 4.32. The van der Waals surface area contributed by atoms with Gasteiger partial charge in [-0.1, -0.05) is 57.2 Å². The zero-order chi connectivity index (χ0) is 26.6. The number of benzene rings is 3. The van der Waals surface area contributed by atoms with E-state index in [-0.39, 0.29) is 29.6 Å². The average molecular weight is 505 g/mol. The first-order chi connectivity index (χ1) is 17.7. The molecule has 0 unspecified atom stereocenters. The molecule has 8 heteroatoms. The van der Waals surface area contributed by atoms with E-state index in [4.69, 9.17) is 14.2 Å². The Morgan fingerprint density at radius 3 is 2.38 bits per heavy atom. The van der Waals surface area contributed by atoms with Crippen molar-refractivity contribution in [1.82, 2.24) is 0 Å². The van der Waals surface area contributed by atoms with Crippen LogP contribution in [0, 0.1) is 10.1 Å². The van der Waals surface area contributed by atoms with E-state index >= 15 is 0 Å². The van der Waals surface area contributed by atoms with Crippen molar-refractivity contribution in [2.24, 2.45) is 0 Å². The van der Waals surface area contributed by atoms with E-state index in [9.17, 15) is 14.9 Å². The number of methoxy groups -OCH3 is 1. The maximum absolute atomic E-state index is 13.4. The Morgan fingerprint density at radius 2 is 1.70 bits per heavy atom. The molecule has 1 amide bonds. The van der Waals surface area contributed by atoms with Crippen molar-refractivity contribution in [3.05, 3.63) is 87.5 Å². The van der Waals surface area contributed by atoms with E-state index in [1.807, 2.05) is 12.1 Å². The molecule has 0 atom stereocenters. The number of nitrogens with zero attached hydrogens (tertiary/aromatic N) is 2. The molecule has 0 N–H and O–H groups in total. The van der Waals surface area contributed by atoms with Crippen LogP contribution in [0.5, 0.6) is 5.75 Å². The Kier molecular flexibility index (Phi) is 7.90. The third-order valence-corrected chi connectivity index (χ3v) is 6.45. The zero-order valence-corrected chi connectivity index (χ0v) is 21.7. The van der Waals surface area contributed by atoms with Gasteiger partial charge in [-0.25, -0.2) is 0 Å². The van der Waals surface area contributed by atoms with Crippen LogP contribution in [0.3, 0.4) is 0 Å². The Labute approximate surface area is 216 Å². The molecule has 0 aliphatic carbocycles. The Morgan fingerprint density at radius 1 is 0.973 bits per heavy atom. The topological polar surface area (TPSA) is 91.1 Å². The van der Waals surface area contributed by atoms with Gasteiger partial charge in [0, 0.05) is 25.3 Å². The van der Waals surface area contributed by atoms with Gasteiger partial charge in [-0.3, -0.25) is 14.9 Å². The van der Waals surface area contributed by atoms with Crippen LogP contribution in [0.1, 0.15) is 42.3 Å². The summed E-state index contributed by atoms with van der Waals surface area (Å²) in [5.41, 5.74) is 5.33. The molecule has 3 aromatic rings. The molecule has 3 aromatic carbocycles. The minimum absolute atomic E-state index is 0.0816. The smallest absolute Gasteiger partial charge is 0.313 e. The van der Waals surface area contributed by atoms with Crippen LogP contribution in [0.2, 0.25) is 0 Å². The number of amides is 1. The number of hydrogen-bond donors (Lipinski definition) is 0. The number of ether oxygens (including phenoxy) is 3. The predicted molar refractivity (Wildman–Crippen MR) is 142 cm³/mol. The molecule has 0 bridgehead atoms. The number of carbonyl (C=O) groups is 1. The third kappa shape index (κ3) is 5.98. The van der Waals surface area contributed by atoms with Crippen LogP contribution in [-0.2, 0) is 21.3 Å². The Balaban J connectivity index is 1.52. The van der Waals surface area contributed by atoms with Crippen molar-refractivity contribution >= 4 is 17.3 Å². The number of hydrogen-bond acceptors (Lipinski definition) is 6. The fourth-order valence-electron chi connectivity index (χ4n) is 4.32. The van der Waals surface area contributed by atoms with Gasteiger partial charge in [-0.2, -0.15) is 0 Å². The average Bonchev–Trinajstić information content (AvgIpc) is 2.88. The molecule has 1 heterocycles. The number of nitro benzene ring substituents is 1. The minimum atomic E-state index is -0.520. The summed E-state index contributed by atoms with van der Waals surface area (Å²) >= 11 is 0. The largest absolute Gasteiger partial charge is 0.460 e. The maximum Gasteiger partial charge on any atom is 0.313 e. The Bertz CT molecular complexity index is 1280. The van der Waals surface area contributed by atoms with E-state index in [1.165, 1.54) is 17.7 Å². The summed E-state index contributed by atoms with van der Waals surface area (Å²) < 4.78 is 15.6. The summed E-state index contributed by atoms with van der Waals surface area (Å²) in [6.07, 6.45) is 0.647. The van der Waals surface area contributed by atoms with Crippen molar-refractivity contribution in [2.45, 2.75) is 32.6 Å². The molecule has 194 valence electrons. The van der Waals surface area contributed by atoms with Crippen LogP contribution in [-0.4, -0.2) is 44.5 Å². The Hall–Kier alpha value is -3.75. The summed E-state index contributed by atoms with van der Waals surface area (Å²) in [7, 11) is 1.55. The van der Waals surface area contributed by atoms with E-state index in [2.05, 4.69) is 51.1 Å². The van der Waals surface area contributed by atoms with Gasteiger partial charge in [-0.05, 0) is 52.3 Å². The number of anilines is 1. The van der Waals surface area contributed by atoms with Crippen molar-refractivity contribution in [2.75, 3.05) is 38.6 Å². The molecular formula is C29H32N2O6. The van der Waals surface area contributed by atoms with Crippen molar-refractivity contribution in [3.8, 4) is 16.9 Å². The molecule has 0 spiro atoms. The highest BCUT2D eigenvalue weighted by Gasteiger charge is 2.28. The number of carbonyl (C=O) groups excluding carboxylic acids is 1. The summed E-state index contributed by atoms with van der Waals surface area (Å²) in [6.45, 7) is 7.56. The quantitative estimate of drug-likeness (QED) is 0.159. The van der Waals surface area contributed by atoms with E-state index in [0.717, 1.165) is 16.7 Å². The highest BCUT2D eigenvalue weighted by atomic mass is 16.7. The maximum atomic E-state index is 13.4. The summed E-state index contributed by atoms with van der Waals surface area (Å²) in [5, 5.41) is 11.7. The van der Waals surface area contributed by atoms with E-state index in [1.54, 1.807) is 18.1 Å². The van der Waals surface area contributed by atoms with Crippen molar-refractivity contribution < 1.29 is 23.9 Å². The van der Waals surface area contributed by atoms with E-state index in [0.29, 0.717) is 37.4 Å². The lowest BCUT2D eigenvalue weighted by Crippen LogP contribution is -2.37. The molecular weight excluding hydrogens is 472 g/mol. The minimum Gasteiger partial charge on any atom is -0.460 e. The monoisotopic (exact) mass is 504 g/mol. The van der Waals surface area contributed by atoms with Crippen LogP contribution >= 0.6 is 0 Å². The molecule has 37 heavy (non-hydrogen) atoms. The van der Waals surface area contributed by atoms with Crippen LogP contribution in [0.15, 0.2) is 60.7 Å². The molecule has 1 aliphatic heterocycles. The van der Waals surface area contributed by atoms with Gasteiger partial charge in [0.25, 0.3) is 5.91 Å². The molecule has 0 fully saturated rings. The lowest BCUT2D eigenvalue weighted by Gasteiger charge is -2.29. The molecule has 4 rings (SSSR count). The van der Waals surface area contributed by atoms with Gasteiger partial charge in [0.15, 0.2) is 12.5 Å². The van der Waals surface area contributed by atoms with Gasteiger partial charge in [0.1, 0.15) is 0 Å². The highest BCUT2D eigenvalue weighted by molar-refractivity contribution is 6.08. The zero-order valence-electron chi connectivity index (χ0n) is 21.7. The van der Waals surface area contributed by atoms with Gasteiger partial charge in [0.2, 0.25) is 0 Å². The van der Waals surface area contributed by atoms with Crippen molar-refractivity contribution in [1.29, 1.82) is 0 Å². The highest BCUT2D eigenvalue weighted by Crippen LogP contribution is 2.35. The first kappa shape index (κ1) is 26.3. The number of nitro groups is 1. The van der Waals surface area contributed by atoms with Crippen molar-refractivity contribution in [3.63, 3.8) is 0 Å².